The van der Waals surface area contributed by atoms with E-state index >= 15 is 0 Å². The normalized spacial score (nSPS) is 15.6. The Kier molecular flexibility index (Phi) is 6.21. The van der Waals surface area contributed by atoms with Crippen LogP contribution in [0.15, 0.2) is 12.2 Å². The van der Waals surface area contributed by atoms with Crippen LogP contribution < -0.4 is 5.73 Å². The molecule has 0 unspecified atom stereocenters. The lowest BCUT2D eigenvalue weighted by Crippen LogP contribution is -2.45. The Balaban J connectivity index is 3.98. The van der Waals surface area contributed by atoms with Gasteiger partial charge in [0.2, 0.25) is 0 Å². The topological polar surface area (TPSA) is 63.3 Å². The molecule has 0 amide bonds. The molecule has 0 aromatic carbocycles. The lowest BCUT2D eigenvalue weighted by atomic mass is 9.96. The van der Waals surface area contributed by atoms with Gasteiger partial charge in [0.1, 0.15) is 5.54 Å². The molecule has 0 bridgehead atoms. The molecule has 0 aromatic heterocycles. The fourth-order valence-corrected chi connectivity index (χ4v) is 1.15. The van der Waals surface area contributed by atoms with Crippen LogP contribution in [0.3, 0.4) is 0 Å². The van der Waals surface area contributed by atoms with Crippen molar-refractivity contribution < 1.29 is 9.90 Å². The number of hydrogen-bond donors (Lipinski definition) is 2. The van der Waals surface area contributed by atoms with Gasteiger partial charge in [-0.15, -0.1) is 0 Å². The predicted octanol–water partition coefficient (Wildman–Crippen LogP) is 2.31. The predicted molar refractivity (Wildman–Crippen MR) is 58.1 cm³/mol. The standard InChI is InChI=1S/C11H21NO2/c1-3-5-6-7-8-9-11(12,4-2)10(13)14/h8-9H,3-7,12H2,1-2H3,(H,13,14)/b9-8-/t11-/m1/s1. The van der Waals surface area contributed by atoms with Crippen LogP contribution >= 0.6 is 0 Å². The summed E-state index contributed by atoms with van der Waals surface area (Å²) in [6.07, 6.45) is 8.30. The summed E-state index contributed by atoms with van der Waals surface area (Å²) in [5.41, 5.74) is 4.49. The van der Waals surface area contributed by atoms with Gasteiger partial charge in [0.15, 0.2) is 0 Å². The highest BCUT2D eigenvalue weighted by molar-refractivity contribution is 5.81. The Labute approximate surface area is 86.0 Å². The van der Waals surface area contributed by atoms with Gasteiger partial charge >= 0.3 is 5.97 Å². The molecule has 3 nitrogen and oxygen atoms in total. The summed E-state index contributed by atoms with van der Waals surface area (Å²) in [4.78, 5) is 10.8. The van der Waals surface area contributed by atoms with E-state index in [0.717, 1.165) is 12.8 Å². The second-order valence-corrected chi connectivity index (χ2v) is 3.60. The van der Waals surface area contributed by atoms with Crippen molar-refractivity contribution in [2.24, 2.45) is 5.73 Å². The van der Waals surface area contributed by atoms with Gasteiger partial charge in [-0.05, 0) is 19.3 Å². The molecule has 3 N–H and O–H groups in total. The van der Waals surface area contributed by atoms with Crippen molar-refractivity contribution >= 4 is 5.97 Å². The zero-order valence-electron chi connectivity index (χ0n) is 9.12. The van der Waals surface area contributed by atoms with Gasteiger partial charge in [-0.25, -0.2) is 4.79 Å². The molecule has 0 fully saturated rings. The van der Waals surface area contributed by atoms with Crippen LogP contribution in [0.5, 0.6) is 0 Å². The van der Waals surface area contributed by atoms with E-state index in [0.29, 0.717) is 6.42 Å². The summed E-state index contributed by atoms with van der Waals surface area (Å²) in [5, 5.41) is 8.86. The first-order valence-electron chi connectivity index (χ1n) is 5.26. The van der Waals surface area contributed by atoms with E-state index in [1.807, 2.05) is 6.08 Å². The summed E-state index contributed by atoms with van der Waals surface area (Å²) >= 11 is 0. The van der Waals surface area contributed by atoms with E-state index in [2.05, 4.69) is 6.92 Å². The van der Waals surface area contributed by atoms with Crippen molar-refractivity contribution in [2.75, 3.05) is 0 Å². The summed E-state index contributed by atoms with van der Waals surface area (Å²) in [6.45, 7) is 3.92. The quantitative estimate of drug-likeness (QED) is 0.488. The number of allylic oxidation sites excluding steroid dienone is 1. The fourth-order valence-electron chi connectivity index (χ4n) is 1.15. The molecule has 0 radical (unpaired) electrons. The molecule has 0 aliphatic heterocycles. The number of unbranched alkanes of at least 4 members (excludes halogenated alkanes) is 3. The second-order valence-electron chi connectivity index (χ2n) is 3.60. The Morgan fingerprint density at radius 3 is 2.50 bits per heavy atom. The highest BCUT2D eigenvalue weighted by atomic mass is 16.4. The fraction of sp³-hybridized carbons (Fsp3) is 0.727. The summed E-state index contributed by atoms with van der Waals surface area (Å²) in [7, 11) is 0. The van der Waals surface area contributed by atoms with Crippen LogP contribution in [-0.4, -0.2) is 16.6 Å². The minimum absolute atomic E-state index is 0.423. The lowest BCUT2D eigenvalue weighted by Gasteiger charge is -2.17. The van der Waals surface area contributed by atoms with E-state index in [1.165, 1.54) is 12.8 Å². The van der Waals surface area contributed by atoms with Crippen LogP contribution in [0.25, 0.3) is 0 Å². The van der Waals surface area contributed by atoms with E-state index in [9.17, 15) is 4.79 Å². The Morgan fingerprint density at radius 1 is 1.43 bits per heavy atom. The first kappa shape index (κ1) is 13.2. The number of carboxylic acids is 1. The number of hydrogen-bond acceptors (Lipinski definition) is 2. The van der Waals surface area contributed by atoms with Crippen LogP contribution in [0.4, 0.5) is 0 Å². The van der Waals surface area contributed by atoms with Crippen LogP contribution in [0, 0.1) is 0 Å². The SMILES string of the molecule is CCCCC/C=C\[C@](N)(CC)C(=O)O. The molecule has 0 aromatic rings. The zero-order chi connectivity index (χ0) is 11.0. The van der Waals surface area contributed by atoms with Crippen molar-refractivity contribution in [3.63, 3.8) is 0 Å². The molecule has 3 heteroatoms. The van der Waals surface area contributed by atoms with Crippen LogP contribution in [0.2, 0.25) is 0 Å². The third kappa shape index (κ3) is 4.42. The third-order valence-corrected chi connectivity index (χ3v) is 2.37. The molecule has 1 atom stereocenters. The molecule has 14 heavy (non-hydrogen) atoms. The minimum atomic E-state index is -1.17. The van der Waals surface area contributed by atoms with Crippen molar-refractivity contribution in [3.8, 4) is 0 Å². The molecule has 0 spiro atoms. The molecular formula is C11H21NO2. The van der Waals surface area contributed by atoms with Gasteiger partial charge in [-0.3, -0.25) is 0 Å². The number of aliphatic carboxylic acids is 1. The lowest BCUT2D eigenvalue weighted by molar-refractivity contribution is -0.141. The molecule has 0 saturated carbocycles. The van der Waals surface area contributed by atoms with Gasteiger partial charge < -0.3 is 10.8 Å². The van der Waals surface area contributed by atoms with Gasteiger partial charge in [-0.2, -0.15) is 0 Å². The van der Waals surface area contributed by atoms with Gasteiger partial charge in [0.25, 0.3) is 0 Å². The zero-order valence-corrected chi connectivity index (χ0v) is 9.12. The average Bonchev–Trinajstić information content (AvgIpc) is 2.17. The first-order chi connectivity index (χ1) is 6.56. The monoisotopic (exact) mass is 199 g/mol. The van der Waals surface area contributed by atoms with Crippen molar-refractivity contribution in [2.45, 2.75) is 51.5 Å². The molecule has 0 saturated heterocycles. The van der Waals surface area contributed by atoms with Crippen molar-refractivity contribution in [1.29, 1.82) is 0 Å². The molecule has 0 aliphatic rings. The largest absolute Gasteiger partial charge is 0.480 e. The van der Waals surface area contributed by atoms with E-state index in [4.69, 9.17) is 10.8 Å². The molecular weight excluding hydrogens is 178 g/mol. The highest BCUT2D eigenvalue weighted by Crippen LogP contribution is 2.10. The summed E-state index contributed by atoms with van der Waals surface area (Å²) < 4.78 is 0. The maximum atomic E-state index is 10.8. The van der Waals surface area contributed by atoms with E-state index < -0.39 is 11.5 Å². The van der Waals surface area contributed by atoms with Crippen molar-refractivity contribution in [3.05, 3.63) is 12.2 Å². The third-order valence-electron chi connectivity index (χ3n) is 2.37. The van der Waals surface area contributed by atoms with Gasteiger partial charge in [-0.1, -0.05) is 38.8 Å². The van der Waals surface area contributed by atoms with Crippen LogP contribution in [0.1, 0.15) is 46.0 Å². The molecule has 0 heterocycles. The van der Waals surface area contributed by atoms with E-state index in [1.54, 1.807) is 13.0 Å². The highest BCUT2D eigenvalue weighted by Gasteiger charge is 2.27. The summed E-state index contributed by atoms with van der Waals surface area (Å²) in [5.74, 6) is -0.952. The minimum Gasteiger partial charge on any atom is -0.480 e. The number of carboxylic acid groups (broad SMARTS) is 1. The Hall–Kier alpha value is -0.830. The average molecular weight is 199 g/mol. The smallest absolute Gasteiger partial charge is 0.327 e. The molecule has 0 rings (SSSR count). The first-order valence-corrected chi connectivity index (χ1v) is 5.26. The Bertz CT molecular complexity index is 201. The number of rotatable bonds is 7. The number of carbonyl (C=O) groups is 1. The van der Waals surface area contributed by atoms with Gasteiger partial charge in [0.05, 0.1) is 0 Å². The summed E-state index contributed by atoms with van der Waals surface area (Å²) in [6, 6.07) is 0. The maximum absolute atomic E-state index is 10.8. The van der Waals surface area contributed by atoms with Crippen LogP contribution in [-0.2, 0) is 4.79 Å². The van der Waals surface area contributed by atoms with Crippen molar-refractivity contribution in [1.82, 2.24) is 0 Å². The number of nitrogens with two attached hydrogens (primary N) is 1. The second kappa shape index (κ2) is 6.60. The molecule has 82 valence electrons. The van der Waals surface area contributed by atoms with E-state index in [-0.39, 0.29) is 0 Å². The molecule has 0 aliphatic carbocycles. The Morgan fingerprint density at radius 2 is 2.07 bits per heavy atom. The maximum Gasteiger partial charge on any atom is 0.327 e. The van der Waals surface area contributed by atoms with Gasteiger partial charge in [0, 0.05) is 0 Å².